The van der Waals surface area contributed by atoms with Crippen LogP contribution in [-0.4, -0.2) is 39.1 Å². The molecule has 0 saturated heterocycles. The van der Waals surface area contributed by atoms with Gasteiger partial charge < -0.3 is 14.2 Å². The van der Waals surface area contributed by atoms with Gasteiger partial charge in [0.2, 0.25) is 0 Å². The van der Waals surface area contributed by atoms with E-state index in [0.717, 1.165) is 35.4 Å². The molecule has 28 heavy (non-hydrogen) atoms. The van der Waals surface area contributed by atoms with Crippen LogP contribution in [0.3, 0.4) is 0 Å². The van der Waals surface area contributed by atoms with E-state index in [9.17, 15) is 4.79 Å². The third-order valence-electron chi connectivity index (χ3n) is 5.81. The number of carbonyl (C=O) groups excluding carboxylic acids is 1. The molecule has 2 aromatic rings. The number of nitrogens with zero attached hydrogens (tertiary/aromatic N) is 1. The molecule has 2 unspecified atom stereocenters. The number of rotatable bonds is 4. The predicted octanol–water partition coefficient (Wildman–Crippen LogP) is 4.37. The van der Waals surface area contributed by atoms with Crippen LogP contribution >= 0.6 is 0 Å². The van der Waals surface area contributed by atoms with Crippen LogP contribution in [0.4, 0.5) is 0 Å². The van der Waals surface area contributed by atoms with Gasteiger partial charge in [0.05, 0.1) is 38.6 Å². The Labute approximate surface area is 165 Å². The molecule has 2 aromatic carbocycles. The van der Waals surface area contributed by atoms with Gasteiger partial charge in [-0.15, -0.1) is 0 Å². The van der Waals surface area contributed by atoms with Gasteiger partial charge in [0.25, 0.3) is 0 Å². The zero-order chi connectivity index (χ0) is 19.7. The lowest BCUT2D eigenvalue weighted by molar-refractivity contribution is 0.0600. The fraction of sp³-hybridized carbons (Fsp3) is 0.391. The van der Waals surface area contributed by atoms with Gasteiger partial charge in [0.1, 0.15) is 0 Å². The number of carbonyl (C=O) groups is 1. The van der Waals surface area contributed by atoms with Gasteiger partial charge in [-0.2, -0.15) is 0 Å². The Morgan fingerprint density at radius 1 is 0.964 bits per heavy atom. The highest BCUT2D eigenvalue weighted by molar-refractivity contribution is 6.15. The molecule has 146 valence electrons. The molecular formula is C23H25NO4. The lowest BCUT2D eigenvalue weighted by atomic mass is 9.75. The maximum absolute atomic E-state index is 11.8. The van der Waals surface area contributed by atoms with Crippen molar-refractivity contribution in [3.05, 3.63) is 58.7 Å². The molecule has 0 radical (unpaired) electrons. The molecule has 4 rings (SSSR count). The number of hydrogen-bond acceptors (Lipinski definition) is 5. The van der Waals surface area contributed by atoms with Crippen LogP contribution in [0.5, 0.6) is 11.5 Å². The first-order valence-corrected chi connectivity index (χ1v) is 9.69. The van der Waals surface area contributed by atoms with Crippen LogP contribution in [-0.2, 0) is 4.74 Å². The van der Waals surface area contributed by atoms with E-state index in [1.807, 2.05) is 18.2 Å². The van der Waals surface area contributed by atoms with Crippen LogP contribution in [0.15, 0.2) is 41.4 Å². The Morgan fingerprint density at radius 2 is 1.64 bits per heavy atom. The van der Waals surface area contributed by atoms with Crippen molar-refractivity contribution in [2.24, 2.45) is 4.99 Å². The van der Waals surface area contributed by atoms with Crippen LogP contribution in [0.2, 0.25) is 0 Å². The fourth-order valence-corrected chi connectivity index (χ4v) is 4.38. The number of fused-ring (bicyclic) bond motifs is 3. The third-order valence-corrected chi connectivity index (χ3v) is 5.81. The van der Waals surface area contributed by atoms with Crippen molar-refractivity contribution < 1.29 is 19.0 Å². The van der Waals surface area contributed by atoms with Crippen LogP contribution in [0.25, 0.3) is 0 Å². The van der Waals surface area contributed by atoms with Crippen molar-refractivity contribution in [3.8, 4) is 11.5 Å². The average molecular weight is 379 g/mol. The molecule has 0 aromatic heterocycles. The normalized spacial score (nSPS) is 20.5. The number of benzene rings is 2. The lowest BCUT2D eigenvalue weighted by Crippen LogP contribution is -2.29. The quantitative estimate of drug-likeness (QED) is 0.741. The highest BCUT2D eigenvalue weighted by atomic mass is 16.5. The first-order chi connectivity index (χ1) is 13.7. The number of aliphatic imine (C=N–C) groups is 1. The molecule has 1 aliphatic carbocycles. The Hall–Kier alpha value is -2.82. The molecular weight excluding hydrogens is 354 g/mol. The summed E-state index contributed by atoms with van der Waals surface area (Å²) in [5, 5.41) is 0. The van der Waals surface area contributed by atoms with E-state index >= 15 is 0 Å². The van der Waals surface area contributed by atoms with Crippen molar-refractivity contribution >= 4 is 11.7 Å². The minimum atomic E-state index is -0.337. The zero-order valence-electron chi connectivity index (χ0n) is 16.5. The van der Waals surface area contributed by atoms with Crippen molar-refractivity contribution in [2.45, 2.75) is 37.6 Å². The molecule has 2 aliphatic rings. The second-order valence-corrected chi connectivity index (χ2v) is 7.30. The van der Waals surface area contributed by atoms with Gasteiger partial charge in [-0.3, -0.25) is 4.99 Å². The molecule has 2 atom stereocenters. The summed E-state index contributed by atoms with van der Waals surface area (Å²) in [6, 6.07) is 11.9. The summed E-state index contributed by atoms with van der Waals surface area (Å²) in [5.74, 6) is 1.54. The maximum Gasteiger partial charge on any atom is 0.337 e. The van der Waals surface area contributed by atoms with E-state index in [2.05, 4.69) is 6.07 Å². The first kappa shape index (κ1) is 18.5. The average Bonchev–Trinajstić information content (AvgIpc) is 2.77. The number of esters is 1. The first-order valence-electron chi connectivity index (χ1n) is 9.69. The second kappa shape index (κ2) is 7.66. The molecule has 5 nitrogen and oxygen atoms in total. The summed E-state index contributed by atoms with van der Waals surface area (Å²) < 4.78 is 15.9. The van der Waals surface area contributed by atoms with Crippen LogP contribution in [0.1, 0.15) is 58.6 Å². The number of methoxy groups -OCH3 is 3. The van der Waals surface area contributed by atoms with Gasteiger partial charge in [0, 0.05) is 17.0 Å². The van der Waals surface area contributed by atoms with Gasteiger partial charge in [0.15, 0.2) is 11.5 Å². The number of hydrogen-bond donors (Lipinski definition) is 0. The Morgan fingerprint density at radius 3 is 2.32 bits per heavy atom. The standard InChI is InChI=1S/C23H25NO4/c1-26-20-12-17-16-6-4-5-7-19(16)24-22(18(17)13-21(20)27-2)14-8-10-15(11-9-14)23(25)28-3/h8-13,16,19H,4-7H2,1-3H3. The fourth-order valence-electron chi connectivity index (χ4n) is 4.38. The molecule has 0 spiro atoms. The Bertz CT molecular complexity index is 917. The summed E-state index contributed by atoms with van der Waals surface area (Å²) in [5.41, 5.74) is 4.85. The second-order valence-electron chi connectivity index (χ2n) is 7.30. The zero-order valence-corrected chi connectivity index (χ0v) is 16.5. The topological polar surface area (TPSA) is 57.1 Å². The van der Waals surface area contributed by atoms with Crippen LogP contribution in [0, 0.1) is 0 Å². The van der Waals surface area contributed by atoms with Gasteiger partial charge in [-0.05, 0) is 42.7 Å². The molecule has 1 heterocycles. The summed E-state index contributed by atoms with van der Waals surface area (Å²) in [6.45, 7) is 0. The van der Waals surface area contributed by atoms with E-state index < -0.39 is 0 Å². The summed E-state index contributed by atoms with van der Waals surface area (Å²) in [7, 11) is 4.71. The smallest absolute Gasteiger partial charge is 0.337 e. The van der Waals surface area contributed by atoms with Gasteiger partial charge in [-0.1, -0.05) is 25.0 Å². The van der Waals surface area contributed by atoms with Crippen molar-refractivity contribution in [2.75, 3.05) is 21.3 Å². The third kappa shape index (κ3) is 3.15. The van der Waals surface area contributed by atoms with E-state index in [0.29, 0.717) is 17.2 Å². The number of ether oxygens (including phenoxy) is 3. The molecule has 5 heteroatoms. The highest BCUT2D eigenvalue weighted by Crippen LogP contribution is 2.44. The summed E-state index contributed by atoms with van der Waals surface area (Å²) in [4.78, 5) is 16.9. The molecule has 1 aliphatic heterocycles. The van der Waals surface area contributed by atoms with Crippen molar-refractivity contribution in [3.63, 3.8) is 0 Å². The minimum Gasteiger partial charge on any atom is -0.493 e. The monoisotopic (exact) mass is 379 g/mol. The predicted molar refractivity (Wildman–Crippen MR) is 108 cm³/mol. The molecule has 1 saturated carbocycles. The summed E-state index contributed by atoms with van der Waals surface area (Å²) >= 11 is 0. The molecule has 1 fully saturated rings. The SMILES string of the molecule is COC(=O)c1ccc(C2=NC3CCCCC3c3cc(OC)c(OC)cc32)cc1. The van der Waals surface area contributed by atoms with Crippen LogP contribution < -0.4 is 9.47 Å². The van der Waals surface area contributed by atoms with E-state index in [1.54, 1.807) is 26.4 Å². The lowest BCUT2D eigenvalue weighted by Gasteiger charge is -2.35. The minimum absolute atomic E-state index is 0.287. The van der Waals surface area contributed by atoms with Crippen molar-refractivity contribution in [1.82, 2.24) is 0 Å². The van der Waals surface area contributed by atoms with Crippen molar-refractivity contribution in [1.29, 1.82) is 0 Å². The highest BCUT2D eigenvalue weighted by Gasteiger charge is 2.34. The summed E-state index contributed by atoms with van der Waals surface area (Å²) in [6.07, 6.45) is 4.68. The largest absolute Gasteiger partial charge is 0.493 e. The maximum atomic E-state index is 11.8. The Kier molecular flexibility index (Phi) is 5.07. The van der Waals surface area contributed by atoms with E-state index in [1.165, 1.54) is 25.5 Å². The van der Waals surface area contributed by atoms with E-state index in [-0.39, 0.29) is 12.0 Å². The molecule has 0 bridgehead atoms. The molecule has 0 N–H and O–H groups in total. The Balaban J connectivity index is 1.83. The van der Waals surface area contributed by atoms with Gasteiger partial charge >= 0.3 is 5.97 Å². The van der Waals surface area contributed by atoms with E-state index in [4.69, 9.17) is 19.2 Å². The van der Waals surface area contributed by atoms with Gasteiger partial charge in [-0.25, -0.2) is 4.79 Å². The molecule has 0 amide bonds.